The predicted octanol–water partition coefficient (Wildman–Crippen LogP) is 2.27. The normalized spacial score (nSPS) is 14.9. The van der Waals surface area contributed by atoms with Gasteiger partial charge in [-0.05, 0) is 34.4 Å². The molecule has 3 aromatic rings. The van der Waals surface area contributed by atoms with Gasteiger partial charge in [0.25, 0.3) is 5.88 Å². The van der Waals surface area contributed by atoms with Gasteiger partial charge in [0.05, 0.1) is 30.7 Å². The van der Waals surface area contributed by atoms with Crippen molar-refractivity contribution in [2.45, 2.75) is 32.7 Å². The number of methoxy groups -OCH3 is 2. The van der Waals surface area contributed by atoms with Gasteiger partial charge < -0.3 is 18.8 Å². The van der Waals surface area contributed by atoms with Gasteiger partial charge in [0.2, 0.25) is 0 Å². The zero-order valence-electron chi connectivity index (χ0n) is 18.1. The summed E-state index contributed by atoms with van der Waals surface area (Å²) >= 11 is 0. The maximum atomic E-state index is 12.9. The molecule has 3 aromatic heterocycles. The van der Waals surface area contributed by atoms with Crippen molar-refractivity contribution < 1.29 is 14.2 Å². The summed E-state index contributed by atoms with van der Waals surface area (Å²) in [5.74, 6) is 1.66. The summed E-state index contributed by atoms with van der Waals surface area (Å²) in [4.78, 5) is 17.6. The Morgan fingerprint density at radius 3 is 2.77 bits per heavy atom. The van der Waals surface area contributed by atoms with E-state index in [1.165, 1.54) is 0 Å². The average Bonchev–Trinajstić information content (AvgIpc) is 3.29. The first-order valence-corrected chi connectivity index (χ1v) is 10.2. The molecule has 0 fully saturated rings. The van der Waals surface area contributed by atoms with Crippen molar-refractivity contribution in [3.05, 3.63) is 34.1 Å². The molecule has 0 saturated carbocycles. The van der Waals surface area contributed by atoms with Gasteiger partial charge in [0.15, 0.2) is 17.0 Å². The third-order valence-electron chi connectivity index (χ3n) is 5.46. The number of nitrogens with zero attached hydrogens (tertiary/aromatic N) is 5. The SMILES string of the molecule is COCCCOc1cc2c(nc1OC)-c1cc(=O)c(-c3nnn[nH]3)cn1[C@H](C(C)C)C2. The number of ether oxygens (including phenoxy) is 3. The summed E-state index contributed by atoms with van der Waals surface area (Å²) in [5, 5.41) is 13.8. The summed E-state index contributed by atoms with van der Waals surface area (Å²) in [6.07, 6.45) is 3.34. The Hall–Kier alpha value is -3.27. The van der Waals surface area contributed by atoms with Gasteiger partial charge in [0.1, 0.15) is 0 Å². The molecule has 1 aliphatic heterocycles. The number of aromatic nitrogens is 6. The minimum absolute atomic E-state index is 0.134. The Kier molecular flexibility index (Phi) is 5.99. The van der Waals surface area contributed by atoms with Crippen LogP contribution in [0.5, 0.6) is 11.6 Å². The van der Waals surface area contributed by atoms with Crippen LogP contribution in [0, 0.1) is 5.92 Å². The van der Waals surface area contributed by atoms with Crippen LogP contribution < -0.4 is 14.9 Å². The highest BCUT2D eigenvalue weighted by atomic mass is 16.5. The molecule has 31 heavy (non-hydrogen) atoms. The van der Waals surface area contributed by atoms with Gasteiger partial charge in [-0.2, -0.15) is 0 Å². The number of hydrogen-bond donors (Lipinski definition) is 1. The molecule has 4 heterocycles. The van der Waals surface area contributed by atoms with Gasteiger partial charge in [0, 0.05) is 38.4 Å². The predicted molar refractivity (Wildman–Crippen MR) is 113 cm³/mol. The Bertz CT molecular complexity index is 1110. The fourth-order valence-electron chi connectivity index (χ4n) is 3.87. The molecular formula is C21H26N6O4. The molecule has 0 spiro atoms. The molecule has 0 radical (unpaired) electrons. The van der Waals surface area contributed by atoms with Crippen molar-refractivity contribution in [1.82, 2.24) is 30.2 Å². The highest BCUT2D eigenvalue weighted by molar-refractivity contribution is 5.67. The molecule has 0 unspecified atom stereocenters. The lowest BCUT2D eigenvalue weighted by Crippen LogP contribution is -2.27. The quantitative estimate of drug-likeness (QED) is 0.545. The third kappa shape index (κ3) is 4.02. The van der Waals surface area contributed by atoms with Crippen LogP contribution >= 0.6 is 0 Å². The van der Waals surface area contributed by atoms with E-state index in [0.29, 0.717) is 42.1 Å². The number of tetrazole rings is 1. The molecule has 10 nitrogen and oxygen atoms in total. The monoisotopic (exact) mass is 426 g/mol. The van der Waals surface area contributed by atoms with Crippen LogP contribution in [0.1, 0.15) is 31.9 Å². The lowest BCUT2D eigenvalue weighted by Gasteiger charge is -2.33. The van der Waals surface area contributed by atoms with E-state index < -0.39 is 0 Å². The van der Waals surface area contributed by atoms with E-state index in [-0.39, 0.29) is 11.5 Å². The number of pyridine rings is 2. The molecule has 164 valence electrons. The molecule has 0 aliphatic carbocycles. The van der Waals surface area contributed by atoms with Gasteiger partial charge >= 0.3 is 0 Å². The molecule has 4 rings (SSSR count). The van der Waals surface area contributed by atoms with Crippen LogP contribution in [0.15, 0.2) is 23.1 Å². The number of rotatable bonds is 8. The topological polar surface area (TPSA) is 117 Å². The highest BCUT2D eigenvalue weighted by Gasteiger charge is 2.30. The number of H-pyrrole nitrogens is 1. The third-order valence-corrected chi connectivity index (χ3v) is 5.46. The second kappa shape index (κ2) is 8.84. The second-order valence-electron chi connectivity index (χ2n) is 7.81. The van der Waals surface area contributed by atoms with Gasteiger partial charge in [-0.1, -0.05) is 13.8 Å². The van der Waals surface area contributed by atoms with Crippen LogP contribution in [-0.2, 0) is 11.2 Å². The van der Waals surface area contributed by atoms with E-state index in [1.807, 2.05) is 12.3 Å². The molecule has 10 heteroatoms. The van der Waals surface area contributed by atoms with E-state index in [2.05, 4.69) is 39.0 Å². The fraction of sp³-hybridized carbons (Fsp3) is 0.476. The number of fused-ring (bicyclic) bond motifs is 3. The molecule has 0 bridgehead atoms. The first kappa shape index (κ1) is 21.0. The summed E-state index contributed by atoms with van der Waals surface area (Å²) < 4.78 is 18.6. The summed E-state index contributed by atoms with van der Waals surface area (Å²) in [5.41, 5.74) is 2.73. The van der Waals surface area contributed by atoms with Crippen molar-refractivity contribution in [1.29, 1.82) is 0 Å². The Labute approximate surface area is 179 Å². The molecule has 0 saturated heterocycles. The standard InChI is InChI=1S/C21H26N6O4/c1-12(2)15-8-13-9-18(31-7-5-6-29-3)21(30-4)22-19(13)16-10-17(28)14(11-27(15)16)20-23-25-26-24-20/h9-12,15H,5-8H2,1-4H3,(H,23,24,25,26)/t15-/m0/s1. The van der Waals surface area contributed by atoms with Crippen LogP contribution in [0.25, 0.3) is 22.8 Å². The molecule has 1 atom stereocenters. The Balaban J connectivity index is 1.80. The number of nitrogens with one attached hydrogen (secondary N) is 1. The fourth-order valence-corrected chi connectivity index (χ4v) is 3.87. The van der Waals surface area contributed by atoms with Crippen LogP contribution in [-0.4, -0.2) is 57.6 Å². The Morgan fingerprint density at radius 1 is 1.26 bits per heavy atom. The van der Waals surface area contributed by atoms with E-state index >= 15 is 0 Å². The molecule has 1 N–H and O–H groups in total. The van der Waals surface area contributed by atoms with Gasteiger partial charge in [-0.15, -0.1) is 5.10 Å². The van der Waals surface area contributed by atoms with Crippen molar-refractivity contribution in [3.8, 4) is 34.4 Å². The van der Waals surface area contributed by atoms with E-state index in [1.54, 1.807) is 20.3 Å². The maximum absolute atomic E-state index is 12.9. The zero-order chi connectivity index (χ0) is 22.0. The molecule has 0 amide bonds. The van der Waals surface area contributed by atoms with Crippen LogP contribution in [0.2, 0.25) is 0 Å². The highest BCUT2D eigenvalue weighted by Crippen LogP contribution is 2.40. The maximum Gasteiger partial charge on any atom is 0.257 e. The number of aromatic amines is 1. The van der Waals surface area contributed by atoms with Crippen molar-refractivity contribution >= 4 is 0 Å². The average molecular weight is 426 g/mol. The van der Waals surface area contributed by atoms with Gasteiger partial charge in [-0.25, -0.2) is 10.1 Å². The van der Waals surface area contributed by atoms with Crippen molar-refractivity contribution in [2.24, 2.45) is 5.92 Å². The van der Waals surface area contributed by atoms with Crippen molar-refractivity contribution in [2.75, 3.05) is 27.4 Å². The smallest absolute Gasteiger partial charge is 0.257 e. The largest absolute Gasteiger partial charge is 0.488 e. The van der Waals surface area contributed by atoms with E-state index in [4.69, 9.17) is 19.2 Å². The Morgan fingerprint density at radius 2 is 2.10 bits per heavy atom. The van der Waals surface area contributed by atoms with Crippen LogP contribution in [0.3, 0.4) is 0 Å². The second-order valence-corrected chi connectivity index (χ2v) is 7.81. The zero-order valence-corrected chi connectivity index (χ0v) is 18.1. The molecule has 0 aromatic carbocycles. The summed E-state index contributed by atoms with van der Waals surface area (Å²) in [6, 6.07) is 3.71. The van der Waals surface area contributed by atoms with E-state index in [9.17, 15) is 4.79 Å². The minimum atomic E-state index is -0.180. The van der Waals surface area contributed by atoms with E-state index in [0.717, 1.165) is 29.8 Å². The summed E-state index contributed by atoms with van der Waals surface area (Å²) in [6.45, 7) is 5.44. The summed E-state index contributed by atoms with van der Waals surface area (Å²) in [7, 11) is 3.22. The molecular weight excluding hydrogens is 400 g/mol. The number of hydrogen-bond acceptors (Lipinski definition) is 8. The van der Waals surface area contributed by atoms with Crippen LogP contribution in [0.4, 0.5) is 0 Å². The lowest BCUT2D eigenvalue weighted by molar-refractivity contribution is 0.170. The van der Waals surface area contributed by atoms with Gasteiger partial charge in [-0.3, -0.25) is 4.79 Å². The lowest BCUT2D eigenvalue weighted by atomic mass is 9.89. The molecule has 1 aliphatic rings. The first-order valence-electron chi connectivity index (χ1n) is 10.2. The first-order chi connectivity index (χ1) is 15.0. The van der Waals surface area contributed by atoms with Crippen molar-refractivity contribution in [3.63, 3.8) is 0 Å². The minimum Gasteiger partial charge on any atom is -0.488 e.